The van der Waals surface area contributed by atoms with Crippen molar-refractivity contribution in [3.05, 3.63) is 51.9 Å². The summed E-state index contributed by atoms with van der Waals surface area (Å²) in [6.07, 6.45) is 5.73. The van der Waals surface area contributed by atoms with Crippen LogP contribution in [0.5, 0.6) is 0 Å². The number of benzene rings is 1. The van der Waals surface area contributed by atoms with Crippen LogP contribution in [0.2, 0.25) is 0 Å². The van der Waals surface area contributed by atoms with Crippen molar-refractivity contribution < 1.29 is 4.79 Å². The van der Waals surface area contributed by atoms with Gasteiger partial charge in [-0.1, -0.05) is 60.4 Å². The van der Waals surface area contributed by atoms with E-state index in [4.69, 9.17) is 4.98 Å². The minimum atomic E-state index is -0.147. The molecule has 0 atom stereocenters. The average molecular weight is 452 g/mol. The Hall–Kier alpha value is -2.58. The minimum Gasteiger partial charge on any atom is -0.340 e. The number of amides is 1. The van der Waals surface area contributed by atoms with Gasteiger partial charge in [-0.05, 0) is 19.8 Å². The summed E-state index contributed by atoms with van der Waals surface area (Å²) in [5.41, 5.74) is 2.80. The first-order valence-electron chi connectivity index (χ1n) is 11.5. The van der Waals surface area contributed by atoms with E-state index in [1.54, 1.807) is 6.07 Å². The van der Waals surface area contributed by atoms with Gasteiger partial charge in [0.15, 0.2) is 0 Å². The zero-order chi connectivity index (χ0) is 22.1. The van der Waals surface area contributed by atoms with E-state index in [2.05, 4.69) is 10.00 Å². The molecule has 1 saturated carbocycles. The molecule has 2 aromatic heterocycles. The molecule has 8 heteroatoms. The molecule has 3 heterocycles. The SMILES string of the molecule is Cc1ccc(-c2nn3c(=O)cc(CN4CCN(C(=O)C5CCCCC5)CC4)nc3s2)cc1. The van der Waals surface area contributed by atoms with Crippen molar-refractivity contribution in [3.8, 4) is 10.6 Å². The number of rotatable bonds is 4. The highest BCUT2D eigenvalue weighted by Gasteiger charge is 2.28. The standard InChI is InChI=1S/C24H29N5O2S/c1-17-7-9-18(10-8-17)22-26-29-21(30)15-20(25-24(29)32-22)16-27-11-13-28(14-12-27)23(31)19-5-3-2-4-6-19/h7-10,15,19H,2-6,11-14,16H2,1H3. The number of fused-ring (bicyclic) bond motifs is 1. The molecule has 168 valence electrons. The van der Waals surface area contributed by atoms with Crippen molar-refractivity contribution >= 4 is 22.2 Å². The Balaban J connectivity index is 1.25. The highest BCUT2D eigenvalue weighted by molar-refractivity contribution is 7.19. The monoisotopic (exact) mass is 451 g/mol. The van der Waals surface area contributed by atoms with Crippen LogP contribution in [0.25, 0.3) is 15.5 Å². The predicted octanol–water partition coefficient (Wildman–Crippen LogP) is 3.35. The van der Waals surface area contributed by atoms with Crippen LogP contribution in [-0.2, 0) is 11.3 Å². The third-order valence-corrected chi connectivity index (χ3v) is 7.58. The summed E-state index contributed by atoms with van der Waals surface area (Å²) in [6, 6.07) is 9.72. The fraction of sp³-hybridized carbons (Fsp3) is 0.500. The number of aryl methyl sites for hydroxylation is 1. The fourth-order valence-corrected chi connectivity index (χ4v) is 5.64. The van der Waals surface area contributed by atoms with Gasteiger partial charge in [0.25, 0.3) is 5.56 Å². The number of carbonyl (C=O) groups excluding carboxylic acids is 1. The van der Waals surface area contributed by atoms with Crippen molar-refractivity contribution in [3.63, 3.8) is 0 Å². The molecular formula is C24H29N5O2S. The summed E-state index contributed by atoms with van der Waals surface area (Å²) in [5.74, 6) is 0.573. The molecule has 2 fully saturated rings. The summed E-state index contributed by atoms with van der Waals surface area (Å²) >= 11 is 1.44. The fourth-order valence-electron chi connectivity index (χ4n) is 4.71. The van der Waals surface area contributed by atoms with E-state index in [0.717, 1.165) is 55.3 Å². The van der Waals surface area contributed by atoms with Gasteiger partial charge in [-0.15, -0.1) is 0 Å². The van der Waals surface area contributed by atoms with Gasteiger partial charge in [-0.3, -0.25) is 14.5 Å². The van der Waals surface area contributed by atoms with Crippen LogP contribution in [0.15, 0.2) is 35.1 Å². The molecule has 1 aromatic carbocycles. The van der Waals surface area contributed by atoms with Crippen molar-refractivity contribution in [2.45, 2.75) is 45.6 Å². The van der Waals surface area contributed by atoms with Crippen LogP contribution in [0.4, 0.5) is 0 Å². The second kappa shape index (κ2) is 9.11. The van der Waals surface area contributed by atoms with Crippen molar-refractivity contribution in [2.75, 3.05) is 26.2 Å². The first-order chi connectivity index (χ1) is 15.6. The maximum Gasteiger partial charge on any atom is 0.275 e. The minimum absolute atomic E-state index is 0.147. The summed E-state index contributed by atoms with van der Waals surface area (Å²) in [6.45, 7) is 5.82. The molecule has 0 unspecified atom stereocenters. The Morgan fingerprint density at radius 1 is 1.06 bits per heavy atom. The van der Waals surface area contributed by atoms with Crippen molar-refractivity contribution in [2.24, 2.45) is 5.92 Å². The molecule has 32 heavy (non-hydrogen) atoms. The summed E-state index contributed by atoms with van der Waals surface area (Å²) < 4.78 is 1.39. The second-order valence-electron chi connectivity index (χ2n) is 8.99. The molecule has 0 spiro atoms. The topological polar surface area (TPSA) is 70.8 Å². The predicted molar refractivity (Wildman–Crippen MR) is 126 cm³/mol. The highest BCUT2D eigenvalue weighted by atomic mass is 32.1. The van der Waals surface area contributed by atoms with Crippen LogP contribution in [0.1, 0.15) is 43.4 Å². The Bertz CT molecular complexity index is 1160. The number of aromatic nitrogens is 3. The zero-order valence-corrected chi connectivity index (χ0v) is 19.3. The molecule has 0 radical (unpaired) electrons. The average Bonchev–Trinajstić information content (AvgIpc) is 3.25. The van der Waals surface area contributed by atoms with Crippen LogP contribution in [0.3, 0.4) is 0 Å². The Morgan fingerprint density at radius 3 is 2.50 bits per heavy atom. The van der Waals surface area contributed by atoms with E-state index in [-0.39, 0.29) is 11.5 Å². The Kier molecular flexibility index (Phi) is 6.06. The van der Waals surface area contributed by atoms with E-state index in [1.165, 1.54) is 40.7 Å². The first-order valence-corrected chi connectivity index (χ1v) is 12.4. The largest absolute Gasteiger partial charge is 0.340 e. The maximum atomic E-state index is 12.8. The lowest BCUT2D eigenvalue weighted by molar-refractivity contribution is -0.138. The highest BCUT2D eigenvalue weighted by Crippen LogP contribution is 2.26. The van der Waals surface area contributed by atoms with Gasteiger partial charge in [0.2, 0.25) is 10.9 Å². The lowest BCUT2D eigenvalue weighted by atomic mass is 9.88. The first kappa shape index (κ1) is 21.3. The molecule has 1 aliphatic carbocycles. The van der Waals surface area contributed by atoms with Gasteiger partial charge in [-0.2, -0.15) is 9.61 Å². The third-order valence-electron chi connectivity index (χ3n) is 6.62. The molecule has 0 N–H and O–H groups in total. The van der Waals surface area contributed by atoms with Crippen molar-refractivity contribution in [1.82, 2.24) is 24.4 Å². The van der Waals surface area contributed by atoms with Crippen LogP contribution >= 0.6 is 11.3 Å². The lowest BCUT2D eigenvalue weighted by Crippen LogP contribution is -2.50. The third kappa shape index (κ3) is 4.47. The molecular weight excluding hydrogens is 422 g/mol. The number of hydrogen-bond acceptors (Lipinski definition) is 6. The number of carbonyl (C=O) groups is 1. The quantitative estimate of drug-likeness (QED) is 0.608. The normalized spacial score (nSPS) is 18.3. The summed E-state index contributed by atoms with van der Waals surface area (Å²) in [7, 11) is 0. The molecule has 3 aromatic rings. The van der Waals surface area contributed by atoms with E-state index in [9.17, 15) is 9.59 Å². The number of hydrogen-bond donors (Lipinski definition) is 0. The molecule has 0 bridgehead atoms. The summed E-state index contributed by atoms with van der Waals surface area (Å²) in [4.78, 5) is 35.1. The molecule has 1 amide bonds. The molecule has 7 nitrogen and oxygen atoms in total. The van der Waals surface area contributed by atoms with Gasteiger partial charge in [-0.25, -0.2) is 4.98 Å². The van der Waals surface area contributed by atoms with Gasteiger partial charge >= 0.3 is 0 Å². The second-order valence-corrected chi connectivity index (χ2v) is 9.95. The molecule has 2 aliphatic rings. The summed E-state index contributed by atoms with van der Waals surface area (Å²) in [5, 5.41) is 5.27. The number of nitrogens with zero attached hydrogens (tertiary/aromatic N) is 5. The Morgan fingerprint density at radius 2 is 1.78 bits per heavy atom. The van der Waals surface area contributed by atoms with Gasteiger partial charge in [0.1, 0.15) is 5.01 Å². The van der Waals surface area contributed by atoms with Gasteiger partial charge < -0.3 is 4.90 Å². The van der Waals surface area contributed by atoms with E-state index >= 15 is 0 Å². The van der Waals surface area contributed by atoms with Crippen molar-refractivity contribution in [1.29, 1.82) is 0 Å². The molecule has 5 rings (SSSR count). The van der Waals surface area contributed by atoms with Crippen LogP contribution < -0.4 is 5.56 Å². The van der Waals surface area contributed by atoms with E-state index < -0.39 is 0 Å². The van der Waals surface area contributed by atoms with Gasteiger partial charge in [0, 0.05) is 50.3 Å². The molecule has 1 aliphatic heterocycles. The zero-order valence-electron chi connectivity index (χ0n) is 18.5. The molecule has 1 saturated heterocycles. The lowest BCUT2D eigenvalue weighted by Gasteiger charge is -2.37. The maximum absolute atomic E-state index is 12.8. The van der Waals surface area contributed by atoms with Gasteiger partial charge in [0.05, 0.1) is 5.69 Å². The van der Waals surface area contributed by atoms with Crippen LogP contribution in [0, 0.1) is 12.8 Å². The smallest absolute Gasteiger partial charge is 0.275 e. The van der Waals surface area contributed by atoms with E-state index in [0.29, 0.717) is 17.4 Å². The van der Waals surface area contributed by atoms with Crippen LogP contribution in [-0.4, -0.2) is 56.5 Å². The Labute approximate surface area is 191 Å². The van der Waals surface area contributed by atoms with E-state index in [1.807, 2.05) is 36.1 Å². The number of piperazine rings is 1.